The zero-order chi connectivity index (χ0) is 12.5. The number of aliphatic carboxylic acids is 1. The van der Waals surface area contributed by atoms with Gasteiger partial charge in [-0.2, -0.15) is 0 Å². The molecule has 1 rings (SSSR count). The molecule has 2 N–H and O–H groups in total. The molecule has 90 valence electrons. The highest BCUT2D eigenvalue weighted by Gasteiger charge is 2.41. The Balaban J connectivity index is 2.77. The maximum atomic E-state index is 11.7. The molecule has 1 aliphatic rings. The largest absolute Gasteiger partial charge is 0.479 e. The minimum atomic E-state index is -1.21. The summed E-state index contributed by atoms with van der Waals surface area (Å²) in [5.41, 5.74) is -0.671. The average molecular weight is 246 g/mol. The van der Waals surface area contributed by atoms with E-state index in [-0.39, 0.29) is 10.9 Å². The van der Waals surface area contributed by atoms with Crippen LogP contribution < -0.4 is 0 Å². The lowest BCUT2D eigenvalue weighted by molar-refractivity contribution is -0.140. The van der Waals surface area contributed by atoms with Crippen LogP contribution in [0.15, 0.2) is 0 Å². The number of carbonyl (C=O) groups excluding carboxylic acids is 1. The molecule has 0 saturated carbocycles. The van der Waals surface area contributed by atoms with Gasteiger partial charge in [0.1, 0.15) is 10.6 Å². The smallest absolute Gasteiger partial charge is 0.412 e. The van der Waals surface area contributed by atoms with Gasteiger partial charge < -0.3 is 9.84 Å². The third kappa shape index (κ3) is 2.88. The molecule has 0 spiro atoms. The van der Waals surface area contributed by atoms with Crippen molar-refractivity contribution in [1.29, 1.82) is 5.41 Å². The van der Waals surface area contributed by atoms with Crippen LogP contribution in [0.25, 0.3) is 0 Å². The summed E-state index contributed by atoms with van der Waals surface area (Å²) in [5, 5.41) is 16.3. The van der Waals surface area contributed by atoms with Crippen LogP contribution in [0.2, 0.25) is 0 Å². The molecule has 0 bridgehead atoms. The van der Waals surface area contributed by atoms with Crippen molar-refractivity contribution in [3.05, 3.63) is 0 Å². The minimum absolute atomic E-state index is 0.0432. The van der Waals surface area contributed by atoms with Crippen LogP contribution in [0.3, 0.4) is 0 Å². The molecule has 0 radical (unpaired) electrons. The number of thioether (sulfide) groups is 1. The number of ether oxygens (including phenoxy) is 1. The first-order valence-corrected chi connectivity index (χ1v) is 5.64. The minimum Gasteiger partial charge on any atom is -0.479 e. The predicted octanol–water partition coefficient (Wildman–Crippen LogP) is 1.36. The van der Waals surface area contributed by atoms with Gasteiger partial charge in [-0.05, 0) is 20.8 Å². The van der Waals surface area contributed by atoms with Crippen LogP contribution in [0, 0.1) is 5.41 Å². The standard InChI is InChI=1S/C9H14N2O4S/c1-9(2,3)15-8(14)11-4-16-6(10)5(11)7(12)13/h5,10H,4H2,1-3H3,(H,12,13). The van der Waals surface area contributed by atoms with Crippen LogP contribution in [-0.2, 0) is 9.53 Å². The Kier molecular flexibility index (Phi) is 3.47. The van der Waals surface area contributed by atoms with Gasteiger partial charge in [-0.25, -0.2) is 9.59 Å². The summed E-state index contributed by atoms with van der Waals surface area (Å²) in [5.74, 6) is -1.06. The number of nitrogens with zero attached hydrogens (tertiary/aromatic N) is 1. The first-order chi connectivity index (χ1) is 7.22. The van der Waals surface area contributed by atoms with E-state index >= 15 is 0 Å². The Bertz CT molecular complexity index is 337. The number of nitrogens with one attached hydrogen (secondary N) is 1. The van der Waals surface area contributed by atoms with Gasteiger partial charge >= 0.3 is 12.1 Å². The first-order valence-electron chi connectivity index (χ1n) is 4.66. The van der Waals surface area contributed by atoms with E-state index in [1.807, 2.05) is 0 Å². The molecule has 1 unspecified atom stereocenters. The maximum Gasteiger partial charge on any atom is 0.412 e. The van der Waals surface area contributed by atoms with Crippen LogP contribution in [0.5, 0.6) is 0 Å². The molecular weight excluding hydrogens is 232 g/mol. The second kappa shape index (κ2) is 4.32. The summed E-state index contributed by atoms with van der Waals surface area (Å²) in [6.45, 7) is 5.11. The molecular formula is C9H14N2O4S. The first kappa shape index (κ1) is 12.8. The number of carboxylic acids is 1. The van der Waals surface area contributed by atoms with Crippen LogP contribution in [0.4, 0.5) is 4.79 Å². The number of hydrogen-bond acceptors (Lipinski definition) is 5. The summed E-state index contributed by atoms with van der Waals surface area (Å²) < 4.78 is 5.06. The van der Waals surface area contributed by atoms with Crippen LogP contribution in [0.1, 0.15) is 20.8 Å². The molecule has 1 heterocycles. The SMILES string of the molecule is CC(C)(C)OC(=O)N1CSC(=N)C1C(=O)O. The lowest BCUT2D eigenvalue weighted by atomic mass is 10.2. The molecule has 0 aromatic carbocycles. The molecule has 7 heteroatoms. The summed E-state index contributed by atoms with van der Waals surface area (Å²) in [6.07, 6.45) is -0.699. The molecule has 1 saturated heterocycles. The van der Waals surface area contributed by atoms with E-state index in [0.29, 0.717) is 0 Å². The summed E-state index contributed by atoms with van der Waals surface area (Å²) in [7, 11) is 0. The van der Waals surface area contributed by atoms with Crippen molar-refractivity contribution >= 4 is 28.9 Å². The topological polar surface area (TPSA) is 90.7 Å². The number of amides is 1. The molecule has 6 nitrogen and oxygen atoms in total. The van der Waals surface area contributed by atoms with E-state index in [9.17, 15) is 9.59 Å². The van der Waals surface area contributed by atoms with Crippen molar-refractivity contribution in [3.63, 3.8) is 0 Å². The zero-order valence-electron chi connectivity index (χ0n) is 9.31. The lowest BCUT2D eigenvalue weighted by Gasteiger charge is -2.25. The molecule has 1 fully saturated rings. The molecule has 1 atom stereocenters. The molecule has 0 aromatic rings. The van der Waals surface area contributed by atoms with Crippen LogP contribution in [-0.4, -0.2) is 44.6 Å². The van der Waals surface area contributed by atoms with E-state index in [0.717, 1.165) is 16.7 Å². The van der Waals surface area contributed by atoms with E-state index in [2.05, 4.69) is 0 Å². The van der Waals surface area contributed by atoms with Crippen molar-refractivity contribution in [3.8, 4) is 0 Å². The Labute approximate surface area is 97.5 Å². The van der Waals surface area contributed by atoms with Gasteiger partial charge in [0.05, 0.1) is 5.88 Å². The third-order valence-corrected chi connectivity index (χ3v) is 2.72. The van der Waals surface area contributed by atoms with Gasteiger partial charge in [0.2, 0.25) is 0 Å². The molecule has 1 aliphatic heterocycles. The van der Waals surface area contributed by atoms with Gasteiger partial charge in [0.15, 0.2) is 6.04 Å². The summed E-state index contributed by atoms with van der Waals surface area (Å²) in [4.78, 5) is 23.6. The molecule has 0 aromatic heterocycles. The highest BCUT2D eigenvalue weighted by Crippen LogP contribution is 2.25. The van der Waals surface area contributed by atoms with E-state index < -0.39 is 23.7 Å². The Morgan fingerprint density at radius 3 is 2.56 bits per heavy atom. The summed E-state index contributed by atoms with van der Waals surface area (Å²) >= 11 is 1.02. The highest BCUT2D eigenvalue weighted by atomic mass is 32.2. The van der Waals surface area contributed by atoms with Gasteiger partial charge in [-0.1, -0.05) is 11.8 Å². The van der Waals surface area contributed by atoms with Crippen LogP contribution >= 0.6 is 11.8 Å². The number of carbonyl (C=O) groups is 2. The second-order valence-corrected chi connectivity index (χ2v) is 5.32. The number of hydrogen-bond donors (Lipinski definition) is 2. The van der Waals surface area contributed by atoms with E-state index in [1.54, 1.807) is 20.8 Å². The molecule has 1 amide bonds. The Hall–Kier alpha value is -1.24. The fourth-order valence-corrected chi connectivity index (χ4v) is 2.08. The summed E-state index contributed by atoms with van der Waals surface area (Å²) in [6, 6.07) is -1.21. The van der Waals surface area contributed by atoms with E-state index in [4.69, 9.17) is 15.3 Å². The zero-order valence-corrected chi connectivity index (χ0v) is 10.1. The van der Waals surface area contributed by atoms with Gasteiger partial charge in [-0.15, -0.1) is 0 Å². The van der Waals surface area contributed by atoms with Crippen molar-refractivity contribution in [2.24, 2.45) is 0 Å². The fraction of sp³-hybridized carbons (Fsp3) is 0.667. The van der Waals surface area contributed by atoms with Crippen molar-refractivity contribution < 1.29 is 19.4 Å². The van der Waals surface area contributed by atoms with Gasteiger partial charge in [-0.3, -0.25) is 10.3 Å². The number of rotatable bonds is 1. The Morgan fingerprint density at radius 2 is 2.12 bits per heavy atom. The van der Waals surface area contributed by atoms with Crippen molar-refractivity contribution in [2.75, 3.05) is 5.88 Å². The van der Waals surface area contributed by atoms with Crippen molar-refractivity contribution in [1.82, 2.24) is 4.90 Å². The third-order valence-electron chi connectivity index (χ3n) is 1.78. The lowest BCUT2D eigenvalue weighted by Crippen LogP contribution is -2.45. The monoisotopic (exact) mass is 246 g/mol. The number of carboxylic acid groups (broad SMARTS) is 1. The average Bonchev–Trinajstić information content (AvgIpc) is 2.43. The highest BCUT2D eigenvalue weighted by molar-refractivity contribution is 8.14. The normalized spacial score (nSPS) is 21.1. The van der Waals surface area contributed by atoms with Gasteiger partial charge in [0, 0.05) is 0 Å². The predicted molar refractivity (Wildman–Crippen MR) is 59.7 cm³/mol. The quantitative estimate of drug-likeness (QED) is 0.729. The van der Waals surface area contributed by atoms with Crippen molar-refractivity contribution in [2.45, 2.75) is 32.4 Å². The maximum absolute atomic E-state index is 11.7. The van der Waals surface area contributed by atoms with E-state index in [1.165, 1.54) is 0 Å². The second-order valence-electron chi connectivity index (χ2n) is 4.33. The Morgan fingerprint density at radius 1 is 1.56 bits per heavy atom. The fourth-order valence-electron chi connectivity index (χ4n) is 1.16. The molecule has 0 aliphatic carbocycles. The van der Waals surface area contributed by atoms with Gasteiger partial charge in [0.25, 0.3) is 0 Å². The molecule has 16 heavy (non-hydrogen) atoms.